The van der Waals surface area contributed by atoms with Gasteiger partial charge in [0.2, 0.25) is 5.91 Å². The Morgan fingerprint density at radius 2 is 1.78 bits per heavy atom. The summed E-state index contributed by atoms with van der Waals surface area (Å²) in [5.41, 5.74) is 1.79. The minimum Gasteiger partial charge on any atom is -0.335 e. The first-order valence-corrected chi connectivity index (χ1v) is 8.82. The zero-order valence-electron chi connectivity index (χ0n) is 13.7. The lowest BCUT2D eigenvalue weighted by Gasteiger charge is -2.36. The monoisotopic (exact) mass is 312 g/mol. The van der Waals surface area contributed by atoms with Crippen molar-refractivity contribution < 1.29 is 4.79 Å². The maximum Gasteiger partial charge on any atom is 0.244 e. The van der Waals surface area contributed by atoms with E-state index >= 15 is 0 Å². The van der Waals surface area contributed by atoms with Gasteiger partial charge in [0.1, 0.15) is 12.1 Å². The molecule has 0 N–H and O–H groups in total. The van der Waals surface area contributed by atoms with Gasteiger partial charge in [0, 0.05) is 12.1 Å². The predicted octanol–water partition coefficient (Wildman–Crippen LogP) is 3.00. The molecule has 5 heteroatoms. The van der Waals surface area contributed by atoms with Gasteiger partial charge in [-0.15, -0.1) is 5.10 Å². The lowest BCUT2D eigenvalue weighted by atomic mass is 9.86. The fourth-order valence-electron chi connectivity index (χ4n) is 3.82. The molecule has 1 aromatic carbocycles. The Bertz CT molecular complexity index is 698. The van der Waals surface area contributed by atoms with Crippen molar-refractivity contribution in [2.24, 2.45) is 5.92 Å². The summed E-state index contributed by atoms with van der Waals surface area (Å²) in [4.78, 5) is 15.1. The van der Waals surface area contributed by atoms with E-state index in [9.17, 15) is 4.79 Å². The highest BCUT2D eigenvalue weighted by Gasteiger charge is 2.38. The van der Waals surface area contributed by atoms with Crippen LogP contribution in [0.5, 0.6) is 0 Å². The molecule has 0 aliphatic heterocycles. The summed E-state index contributed by atoms with van der Waals surface area (Å²) in [6, 6.07) is 8.73. The van der Waals surface area contributed by atoms with Gasteiger partial charge < -0.3 is 4.90 Å². The van der Waals surface area contributed by atoms with Crippen LogP contribution in [0.3, 0.4) is 0 Å². The van der Waals surface area contributed by atoms with Gasteiger partial charge in [-0.3, -0.25) is 4.79 Å². The van der Waals surface area contributed by atoms with Crippen LogP contribution in [0.25, 0.3) is 11.0 Å². The average Bonchev–Trinajstić information content (AvgIpc) is 3.31. The molecule has 2 saturated carbocycles. The van der Waals surface area contributed by atoms with E-state index in [2.05, 4.69) is 22.1 Å². The zero-order chi connectivity index (χ0) is 15.8. The molecule has 1 heterocycles. The molecule has 2 aliphatic rings. The van der Waals surface area contributed by atoms with Crippen LogP contribution in [0, 0.1) is 5.92 Å². The number of benzene rings is 1. The Morgan fingerprint density at radius 3 is 2.48 bits per heavy atom. The van der Waals surface area contributed by atoms with Gasteiger partial charge >= 0.3 is 0 Å². The predicted molar refractivity (Wildman–Crippen MR) is 88.8 cm³/mol. The Morgan fingerprint density at radius 1 is 1.13 bits per heavy atom. The summed E-state index contributed by atoms with van der Waals surface area (Å²) in [5, 5.41) is 8.33. The van der Waals surface area contributed by atoms with Gasteiger partial charge in [-0.25, -0.2) is 4.68 Å². The number of rotatable bonds is 4. The lowest BCUT2D eigenvalue weighted by Crippen LogP contribution is -2.45. The highest BCUT2D eigenvalue weighted by atomic mass is 16.2. The second-order valence-corrected chi connectivity index (χ2v) is 7.18. The number of hydrogen-bond donors (Lipinski definition) is 0. The molecular formula is C18H24N4O. The van der Waals surface area contributed by atoms with Crippen LogP contribution in [0.4, 0.5) is 0 Å². The SMILES string of the molecule is CC1CCC(N(C(=O)Cn2nnc3ccccc32)C2CC2)CC1. The van der Waals surface area contributed by atoms with Crippen molar-refractivity contribution in [3.8, 4) is 0 Å². The molecule has 0 saturated heterocycles. The third kappa shape index (κ3) is 2.96. The molecule has 23 heavy (non-hydrogen) atoms. The first-order chi connectivity index (χ1) is 11.2. The van der Waals surface area contributed by atoms with Gasteiger partial charge in [0.05, 0.1) is 5.52 Å². The first kappa shape index (κ1) is 14.7. The van der Waals surface area contributed by atoms with E-state index in [1.807, 2.05) is 24.3 Å². The van der Waals surface area contributed by atoms with Crippen LogP contribution < -0.4 is 0 Å². The molecule has 5 nitrogen and oxygen atoms in total. The number of fused-ring (bicyclic) bond motifs is 1. The van der Waals surface area contributed by atoms with Crippen LogP contribution in [0.2, 0.25) is 0 Å². The molecule has 1 amide bonds. The zero-order valence-corrected chi connectivity index (χ0v) is 13.7. The van der Waals surface area contributed by atoms with Gasteiger partial charge in [-0.05, 0) is 56.6 Å². The summed E-state index contributed by atoms with van der Waals surface area (Å²) in [6.07, 6.45) is 7.12. The molecule has 0 bridgehead atoms. The highest BCUT2D eigenvalue weighted by molar-refractivity contribution is 5.80. The quantitative estimate of drug-likeness (QED) is 0.872. The van der Waals surface area contributed by atoms with E-state index in [1.54, 1.807) is 4.68 Å². The number of amides is 1. The number of hydrogen-bond acceptors (Lipinski definition) is 3. The van der Waals surface area contributed by atoms with Gasteiger partial charge in [-0.1, -0.05) is 24.3 Å². The third-order valence-corrected chi connectivity index (χ3v) is 5.31. The van der Waals surface area contributed by atoms with Gasteiger partial charge in [0.15, 0.2) is 0 Å². The van der Waals surface area contributed by atoms with Crippen molar-refractivity contribution in [1.82, 2.24) is 19.9 Å². The number of para-hydroxylation sites is 1. The highest BCUT2D eigenvalue weighted by Crippen LogP contribution is 2.35. The third-order valence-electron chi connectivity index (χ3n) is 5.31. The summed E-state index contributed by atoms with van der Waals surface area (Å²) in [7, 11) is 0. The molecule has 4 rings (SSSR count). The van der Waals surface area contributed by atoms with E-state index in [1.165, 1.54) is 12.8 Å². The van der Waals surface area contributed by atoms with E-state index in [0.29, 0.717) is 18.6 Å². The van der Waals surface area contributed by atoms with Crippen molar-refractivity contribution in [2.45, 2.75) is 64.1 Å². The van der Waals surface area contributed by atoms with Crippen molar-refractivity contribution in [2.75, 3.05) is 0 Å². The number of carbonyl (C=O) groups excluding carboxylic acids is 1. The number of carbonyl (C=O) groups is 1. The summed E-state index contributed by atoms with van der Waals surface area (Å²) in [6.45, 7) is 2.63. The van der Waals surface area contributed by atoms with Crippen LogP contribution in [0.15, 0.2) is 24.3 Å². The van der Waals surface area contributed by atoms with Crippen LogP contribution in [-0.2, 0) is 11.3 Å². The maximum atomic E-state index is 13.0. The maximum absolute atomic E-state index is 13.0. The summed E-state index contributed by atoms with van der Waals surface area (Å²) in [5.74, 6) is 1.02. The Kier molecular flexibility index (Phi) is 3.79. The van der Waals surface area contributed by atoms with E-state index in [-0.39, 0.29) is 5.91 Å². The normalized spacial score (nSPS) is 24.7. The molecule has 122 valence electrons. The van der Waals surface area contributed by atoms with Crippen molar-refractivity contribution in [3.63, 3.8) is 0 Å². The molecular weight excluding hydrogens is 288 g/mol. The minimum atomic E-state index is 0.211. The van der Waals surface area contributed by atoms with E-state index < -0.39 is 0 Å². The standard InChI is InChI=1S/C18H24N4O/c1-13-6-8-14(9-7-13)22(15-10-11-15)18(23)12-21-17-5-3-2-4-16(17)19-20-21/h2-5,13-15H,6-12H2,1H3. The Labute approximate surface area is 136 Å². The van der Waals surface area contributed by atoms with E-state index in [0.717, 1.165) is 42.6 Å². The molecule has 2 aromatic rings. The lowest BCUT2D eigenvalue weighted by molar-refractivity contribution is -0.135. The summed E-state index contributed by atoms with van der Waals surface area (Å²) < 4.78 is 1.75. The van der Waals surface area contributed by atoms with Crippen LogP contribution >= 0.6 is 0 Å². The van der Waals surface area contributed by atoms with E-state index in [4.69, 9.17) is 0 Å². The van der Waals surface area contributed by atoms with Crippen molar-refractivity contribution in [3.05, 3.63) is 24.3 Å². The molecule has 0 atom stereocenters. The van der Waals surface area contributed by atoms with Crippen molar-refractivity contribution >= 4 is 16.9 Å². The summed E-state index contributed by atoms with van der Waals surface area (Å²) >= 11 is 0. The van der Waals surface area contributed by atoms with Crippen molar-refractivity contribution in [1.29, 1.82) is 0 Å². The average molecular weight is 312 g/mol. The van der Waals surface area contributed by atoms with Crippen LogP contribution in [0.1, 0.15) is 45.4 Å². The number of aromatic nitrogens is 3. The second kappa shape index (κ2) is 5.95. The Balaban J connectivity index is 1.52. The second-order valence-electron chi connectivity index (χ2n) is 7.18. The number of nitrogens with zero attached hydrogens (tertiary/aromatic N) is 4. The topological polar surface area (TPSA) is 51.0 Å². The fraction of sp³-hybridized carbons (Fsp3) is 0.611. The smallest absolute Gasteiger partial charge is 0.244 e. The molecule has 0 spiro atoms. The minimum absolute atomic E-state index is 0.211. The van der Waals surface area contributed by atoms with Crippen LogP contribution in [-0.4, -0.2) is 37.9 Å². The molecule has 0 unspecified atom stereocenters. The first-order valence-electron chi connectivity index (χ1n) is 8.82. The largest absolute Gasteiger partial charge is 0.335 e. The van der Waals surface area contributed by atoms with Gasteiger partial charge in [-0.2, -0.15) is 0 Å². The molecule has 2 aliphatic carbocycles. The fourth-order valence-corrected chi connectivity index (χ4v) is 3.82. The van der Waals surface area contributed by atoms with Gasteiger partial charge in [0.25, 0.3) is 0 Å². The Hall–Kier alpha value is -1.91. The molecule has 1 aromatic heterocycles. The molecule has 2 fully saturated rings. The molecule has 0 radical (unpaired) electrons.